The Bertz CT molecular complexity index is 969. The summed E-state index contributed by atoms with van der Waals surface area (Å²) in [6.45, 7) is 20.6. The molecule has 0 bridgehead atoms. The van der Waals surface area contributed by atoms with Gasteiger partial charge >= 0.3 is 0 Å². The van der Waals surface area contributed by atoms with Crippen molar-refractivity contribution in [2.45, 2.75) is 67.5 Å². The second kappa shape index (κ2) is 12.3. The number of hydrogen-bond donors (Lipinski definition) is 0. The summed E-state index contributed by atoms with van der Waals surface area (Å²) in [5, 5.41) is 2.56. The summed E-state index contributed by atoms with van der Waals surface area (Å²) in [4.78, 5) is 4.88. The maximum absolute atomic E-state index is 6.28. The van der Waals surface area contributed by atoms with E-state index < -0.39 is 0 Å². The predicted octanol–water partition coefficient (Wildman–Crippen LogP) is 7.57. The van der Waals surface area contributed by atoms with E-state index in [1.165, 1.54) is 32.3 Å². The molecule has 1 aromatic heterocycles. The third kappa shape index (κ3) is 6.52. The van der Waals surface area contributed by atoms with Gasteiger partial charge in [-0.2, -0.15) is 0 Å². The van der Waals surface area contributed by atoms with Crippen LogP contribution in [0.1, 0.15) is 49.9 Å². The fourth-order valence-corrected chi connectivity index (χ4v) is 5.98. The molecule has 35 heavy (non-hydrogen) atoms. The molecular weight excluding hydrogens is 452 g/mol. The number of ether oxygens (including phenoxy) is 2. The molecular formula is C30H42N2O2S. The van der Waals surface area contributed by atoms with Crippen molar-refractivity contribution in [3.05, 3.63) is 70.8 Å². The summed E-state index contributed by atoms with van der Waals surface area (Å²) in [6, 6.07) is 17.7. The molecule has 5 heteroatoms. The number of benzene rings is 2. The molecule has 2 unspecified atom stereocenters. The first kappa shape index (κ1) is 26.9. The van der Waals surface area contributed by atoms with E-state index in [1.807, 2.05) is 11.3 Å². The number of aryl methyl sites for hydroxylation is 4. The van der Waals surface area contributed by atoms with Gasteiger partial charge in [-0.1, -0.05) is 36.4 Å². The van der Waals surface area contributed by atoms with Gasteiger partial charge in [0.1, 0.15) is 24.7 Å². The highest BCUT2D eigenvalue weighted by molar-refractivity contribution is 7.20. The smallest absolute Gasteiger partial charge is 0.125 e. The molecule has 0 radical (unpaired) electrons. The van der Waals surface area contributed by atoms with E-state index in [9.17, 15) is 0 Å². The number of hydrogen-bond acceptors (Lipinski definition) is 5. The Labute approximate surface area is 216 Å². The summed E-state index contributed by atoms with van der Waals surface area (Å²) in [5.41, 5.74) is 4.76. The van der Waals surface area contributed by atoms with Crippen LogP contribution < -0.4 is 19.3 Å². The van der Waals surface area contributed by atoms with Crippen LogP contribution in [0.2, 0.25) is 0 Å². The minimum Gasteiger partial charge on any atom is -0.491 e. The molecule has 0 saturated heterocycles. The van der Waals surface area contributed by atoms with Crippen LogP contribution in [0.25, 0.3) is 0 Å². The predicted molar refractivity (Wildman–Crippen MR) is 152 cm³/mol. The Morgan fingerprint density at radius 2 is 0.971 bits per heavy atom. The van der Waals surface area contributed by atoms with Crippen molar-refractivity contribution >= 4 is 21.3 Å². The lowest BCUT2D eigenvalue weighted by Crippen LogP contribution is -2.37. The number of para-hydroxylation sites is 2. The van der Waals surface area contributed by atoms with E-state index in [4.69, 9.17) is 9.47 Å². The lowest BCUT2D eigenvalue weighted by molar-refractivity contribution is 0.286. The maximum Gasteiger partial charge on any atom is 0.125 e. The summed E-state index contributed by atoms with van der Waals surface area (Å²) in [5.74, 6) is 2.02. The summed E-state index contributed by atoms with van der Waals surface area (Å²) < 4.78 is 12.6. The zero-order valence-corrected chi connectivity index (χ0v) is 23.5. The third-order valence-electron chi connectivity index (χ3n) is 6.64. The quantitative estimate of drug-likeness (QED) is 0.259. The molecule has 2 atom stereocenters. The molecule has 3 aromatic rings. The lowest BCUT2D eigenvalue weighted by atomic mass is 10.1. The monoisotopic (exact) mass is 494 g/mol. The lowest BCUT2D eigenvalue weighted by Gasteiger charge is -2.30. The molecule has 0 saturated carbocycles. The highest BCUT2D eigenvalue weighted by Crippen LogP contribution is 2.35. The highest BCUT2D eigenvalue weighted by Gasteiger charge is 2.21. The molecule has 0 aliphatic heterocycles. The van der Waals surface area contributed by atoms with E-state index >= 15 is 0 Å². The zero-order chi connectivity index (χ0) is 25.5. The van der Waals surface area contributed by atoms with E-state index in [0.717, 1.165) is 24.6 Å². The molecule has 0 aliphatic rings. The molecule has 0 aliphatic carbocycles. The average molecular weight is 495 g/mol. The first-order valence-corrected chi connectivity index (χ1v) is 13.6. The number of rotatable bonds is 12. The van der Waals surface area contributed by atoms with Crippen molar-refractivity contribution in [3.63, 3.8) is 0 Å². The minimum absolute atomic E-state index is 0.269. The number of likely N-dealkylation sites (N-methyl/N-ethyl adjacent to an activating group) is 2. The van der Waals surface area contributed by atoms with E-state index in [2.05, 4.69) is 114 Å². The SMILES string of the molecule is CCN(c1ccc(N(CC)C(C)COc2c(C)cccc2C)s1)C(C)COc1c(C)cccc1C. The van der Waals surface area contributed by atoms with E-state index in [-0.39, 0.29) is 12.1 Å². The van der Waals surface area contributed by atoms with Crippen molar-refractivity contribution in [1.29, 1.82) is 0 Å². The summed E-state index contributed by atoms with van der Waals surface area (Å²) in [7, 11) is 0. The average Bonchev–Trinajstić information content (AvgIpc) is 3.28. The fourth-order valence-electron chi connectivity index (χ4n) is 4.64. The Morgan fingerprint density at radius 3 is 1.29 bits per heavy atom. The molecule has 0 N–H and O–H groups in total. The first-order chi connectivity index (χ1) is 16.8. The Morgan fingerprint density at radius 1 is 0.629 bits per heavy atom. The second-order valence-corrected chi connectivity index (χ2v) is 10.5. The van der Waals surface area contributed by atoms with Crippen LogP contribution in [-0.4, -0.2) is 38.4 Å². The van der Waals surface area contributed by atoms with Crippen LogP contribution in [0, 0.1) is 27.7 Å². The molecule has 190 valence electrons. The van der Waals surface area contributed by atoms with Gasteiger partial charge in [-0.05, 0) is 89.8 Å². The van der Waals surface area contributed by atoms with Crippen LogP contribution in [0.5, 0.6) is 11.5 Å². The van der Waals surface area contributed by atoms with Crippen LogP contribution in [-0.2, 0) is 0 Å². The Kier molecular flexibility index (Phi) is 9.50. The summed E-state index contributed by atoms with van der Waals surface area (Å²) >= 11 is 1.85. The first-order valence-electron chi connectivity index (χ1n) is 12.8. The summed E-state index contributed by atoms with van der Waals surface area (Å²) in [6.07, 6.45) is 0. The number of thiophene rings is 1. The van der Waals surface area contributed by atoms with Gasteiger partial charge < -0.3 is 19.3 Å². The van der Waals surface area contributed by atoms with Crippen molar-refractivity contribution < 1.29 is 9.47 Å². The third-order valence-corrected chi connectivity index (χ3v) is 7.80. The number of anilines is 2. The van der Waals surface area contributed by atoms with Gasteiger partial charge in [-0.25, -0.2) is 0 Å². The van der Waals surface area contributed by atoms with Crippen molar-refractivity contribution in [3.8, 4) is 11.5 Å². The van der Waals surface area contributed by atoms with Crippen molar-refractivity contribution in [2.75, 3.05) is 36.1 Å². The minimum atomic E-state index is 0.269. The molecule has 0 fully saturated rings. The largest absolute Gasteiger partial charge is 0.491 e. The molecule has 0 spiro atoms. The van der Waals surface area contributed by atoms with Crippen LogP contribution >= 0.6 is 11.3 Å². The van der Waals surface area contributed by atoms with Crippen LogP contribution in [0.4, 0.5) is 10.0 Å². The Balaban J connectivity index is 1.66. The molecule has 3 rings (SSSR count). The van der Waals surface area contributed by atoms with Crippen molar-refractivity contribution in [1.82, 2.24) is 0 Å². The maximum atomic E-state index is 6.28. The van der Waals surface area contributed by atoms with Gasteiger partial charge in [0.05, 0.1) is 22.1 Å². The highest BCUT2D eigenvalue weighted by atomic mass is 32.1. The standard InChI is InChI=1S/C30H42N2O2S/c1-9-31(25(7)19-33-29-21(3)13-11-14-22(29)4)27-17-18-28(35-27)32(10-2)26(8)20-34-30-23(5)15-12-16-24(30)6/h11-18,25-26H,9-10,19-20H2,1-8H3. The van der Waals surface area contributed by atoms with Gasteiger partial charge in [-0.3, -0.25) is 0 Å². The molecule has 2 aromatic carbocycles. The van der Waals surface area contributed by atoms with Gasteiger partial charge in [-0.15, -0.1) is 11.3 Å². The molecule has 4 nitrogen and oxygen atoms in total. The van der Waals surface area contributed by atoms with E-state index in [1.54, 1.807) is 0 Å². The van der Waals surface area contributed by atoms with Gasteiger partial charge in [0.25, 0.3) is 0 Å². The normalized spacial score (nSPS) is 12.8. The van der Waals surface area contributed by atoms with Gasteiger partial charge in [0.15, 0.2) is 0 Å². The van der Waals surface area contributed by atoms with Crippen molar-refractivity contribution in [2.24, 2.45) is 0 Å². The van der Waals surface area contributed by atoms with Gasteiger partial charge in [0.2, 0.25) is 0 Å². The zero-order valence-electron chi connectivity index (χ0n) is 22.7. The molecule has 1 heterocycles. The second-order valence-electron chi connectivity index (χ2n) is 9.45. The fraction of sp³-hybridized carbons (Fsp3) is 0.467. The Hall–Kier alpha value is -2.66. The molecule has 0 amide bonds. The van der Waals surface area contributed by atoms with Crippen LogP contribution in [0.15, 0.2) is 48.5 Å². The van der Waals surface area contributed by atoms with E-state index in [0.29, 0.717) is 13.2 Å². The van der Waals surface area contributed by atoms with Crippen LogP contribution in [0.3, 0.4) is 0 Å². The number of nitrogens with zero attached hydrogens (tertiary/aromatic N) is 2. The van der Waals surface area contributed by atoms with Gasteiger partial charge in [0, 0.05) is 13.1 Å². The topological polar surface area (TPSA) is 24.9 Å².